The topological polar surface area (TPSA) is 15.3 Å². The van der Waals surface area contributed by atoms with Crippen molar-refractivity contribution in [3.63, 3.8) is 0 Å². The molecular weight excluding hydrogens is 264 g/mol. The van der Waals surface area contributed by atoms with Gasteiger partial charge in [0.25, 0.3) is 0 Å². The SMILES string of the molecule is CN(Cc1c(CNC2CC2)sc2ccccc12)C1CC1. The van der Waals surface area contributed by atoms with Crippen LogP contribution in [0, 0.1) is 0 Å². The average molecular weight is 286 g/mol. The fraction of sp³-hybridized carbons (Fsp3) is 0.529. The van der Waals surface area contributed by atoms with Gasteiger partial charge in [0.1, 0.15) is 0 Å². The molecule has 2 aliphatic rings. The first-order valence-corrected chi connectivity index (χ1v) is 8.56. The second-order valence-corrected chi connectivity index (χ2v) is 7.44. The third kappa shape index (κ3) is 2.62. The molecule has 0 radical (unpaired) electrons. The van der Waals surface area contributed by atoms with Crippen molar-refractivity contribution < 1.29 is 0 Å². The Bertz CT molecular complexity index is 610. The predicted octanol–water partition coefficient (Wildman–Crippen LogP) is 3.75. The van der Waals surface area contributed by atoms with Gasteiger partial charge in [0.2, 0.25) is 0 Å². The predicted molar refractivity (Wildman–Crippen MR) is 86.2 cm³/mol. The number of thiophene rings is 1. The van der Waals surface area contributed by atoms with Gasteiger partial charge in [0.15, 0.2) is 0 Å². The molecule has 2 nitrogen and oxygen atoms in total. The Balaban J connectivity index is 1.63. The van der Waals surface area contributed by atoms with Gasteiger partial charge < -0.3 is 5.32 Å². The number of benzene rings is 1. The average Bonchev–Trinajstić information content (AvgIpc) is 3.35. The molecule has 1 aromatic heterocycles. The van der Waals surface area contributed by atoms with E-state index in [0.717, 1.165) is 25.2 Å². The molecule has 0 bridgehead atoms. The number of hydrogen-bond acceptors (Lipinski definition) is 3. The minimum atomic E-state index is 0.786. The molecule has 1 N–H and O–H groups in total. The molecule has 0 spiro atoms. The second-order valence-electron chi connectivity index (χ2n) is 6.30. The molecule has 2 saturated carbocycles. The van der Waals surface area contributed by atoms with Crippen LogP contribution < -0.4 is 5.32 Å². The molecule has 0 amide bonds. The van der Waals surface area contributed by atoms with Gasteiger partial charge in [-0.05, 0) is 49.7 Å². The standard InChI is InChI=1S/C17H22N2S/c1-19(13-8-9-13)11-15-14-4-2-3-5-16(14)20-17(15)10-18-12-6-7-12/h2-5,12-13,18H,6-11H2,1H3. The molecule has 2 aliphatic carbocycles. The molecule has 4 rings (SSSR count). The number of rotatable bonds is 6. The summed E-state index contributed by atoms with van der Waals surface area (Å²) in [7, 11) is 2.28. The normalized spacial score (nSPS) is 19.1. The lowest BCUT2D eigenvalue weighted by Gasteiger charge is -2.16. The molecule has 20 heavy (non-hydrogen) atoms. The van der Waals surface area contributed by atoms with Crippen LogP contribution in [0.2, 0.25) is 0 Å². The zero-order valence-electron chi connectivity index (χ0n) is 12.1. The summed E-state index contributed by atoms with van der Waals surface area (Å²) in [5.74, 6) is 0. The molecular formula is C17H22N2S. The van der Waals surface area contributed by atoms with Crippen LogP contribution in [-0.4, -0.2) is 24.0 Å². The van der Waals surface area contributed by atoms with Crippen molar-refractivity contribution in [2.24, 2.45) is 0 Å². The van der Waals surface area contributed by atoms with Crippen molar-refractivity contribution in [2.75, 3.05) is 7.05 Å². The largest absolute Gasteiger partial charge is 0.309 e. The van der Waals surface area contributed by atoms with Gasteiger partial charge in [-0.15, -0.1) is 11.3 Å². The third-order valence-corrected chi connectivity index (χ3v) is 5.70. The van der Waals surface area contributed by atoms with Crippen LogP contribution in [0.1, 0.15) is 36.1 Å². The summed E-state index contributed by atoms with van der Waals surface area (Å²) in [6.07, 6.45) is 5.49. The fourth-order valence-corrected chi connectivity index (χ4v) is 4.05. The van der Waals surface area contributed by atoms with E-state index in [0.29, 0.717) is 0 Å². The summed E-state index contributed by atoms with van der Waals surface area (Å²) >= 11 is 1.98. The van der Waals surface area contributed by atoms with Crippen LogP contribution in [0.5, 0.6) is 0 Å². The first-order chi connectivity index (χ1) is 9.81. The van der Waals surface area contributed by atoms with E-state index in [9.17, 15) is 0 Å². The molecule has 0 saturated heterocycles. The lowest BCUT2D eigenvalue weighted by atomic mass is 10.1. The highest BCUT2D eigenvalue weighted by Gasteiger charge is 2.27. The summed E-state index contributed by atoms with van der Waals surface area (Å²) in [4.78, 5) is 4.08. The van der Waals surface area contributed by atoms with Crippen LogP contribution in [-0.2, 0) is 13.1 Å². The van der Waals surface area contributed by atoms with E-state index >= 15 is 0 Å². The van der Waals surface area contributed by atoms with E-state index in [2.05, 4.69) is 41.5 Å². The smallest absolute Gasteiger partial charge is 0.0349 e. The maximum atomic E-state index is 3.68. The Morgan fingerprint density at radius 3 is 2.75 bits per heavy atom. The zero-order chi connectivity index (χ0) is 13.5. The molecule has 0 atom stereocenters. The summed E-state index contributed by atoms with van der Waals surface area (Å²) in [5, 5.41) is 5.15. The van der Waals surface area contributed by atoms with Crippen molar-refractivity contribution in [3.05, 3.63) is 34.7 Å². The van der Waals surface area contributed by atoms with Gasteiger partial charge in [-0.25, -0.2) is 0 Å². The van der Waals surface area contributed by atoms with Crippen LogP contribution in [0.4, 0.5) is 0 Å². The van der Waals surface area contributed by atoms with E-state index in [-0.39, 0.29) is 0 Å². The van der Waals surface area contributed by atoms with Gasteiger partial charge in [-0.2, -0.15) is 0 Å². The van der Waals surface area contributed by atoms with Gasteiger partial charge in [-0.1, -0.05) is 18.2 Å². The molecule has 0 unspecified atom stereocenters. The molecule has 3 heteroatoms. The Morgan fingerprint density at radius 2 is 2.00 bits per heavy atom. The molecule has 106 valence electrons. The van der Waals surface area contributed by atoms with Crippen molar-refractivity contribution in [1.82, 2.24) is 10.2 Å². The number of hydrogen-bond donors (Lipinski definition) is 1. The van der Waals surface area contributed by atoms with Crippen molar-refractivity contribution in [3.8, 4) is 0 Å². The van der Waals surface area contributed by atoms with Crippen molar-refractivity contribution in [1.29, 1.82) is 0 Å². The highest BCUT2D eigenvalue weighted by atomic mass is 32.1. The number of nitrogens with zero attached hydrogens (tertiary/aromatic N) is 1. The fourth-order valence-electron chi connectivity index (χ4n) is 2.88. The molecule has 1 aromatic carbocycles. The first kappa shape index (κ1) is 12.8. The van der Waals surface area contributed by atoms with E-state index < -0.39 is 0 Å². The number of nitrogens with one attached hydrogen (secondary N) is 1. The van der Waals surface area contributed by atoms with Crippen molar-refractivity contribution in [2.45, 2.75) is 50.9 Å². The maximum Gasteiger partial charge on any atom is 0.0349 e. The Kier molecular flexibility index (Phi) is 3.29. The Morgan fingerprint density at radius 1 is 1.20 bits per heavy atom. The highest BCUT2D eigenvalue weighted by Crippen LogP contribution is 2.35. The molecule has 1 heterocycles. The highest BCUT2D eigenvalue weighted by molar-refractivity contribution is 7.19. The quantitative estimate of drug-likeness (QED) is 0.870. The van der Waals surface area contributed by atoms with E-state index in [4.69, 9.17) is 0 Å². The molecule has 2 aromatic rings. The monoisotopic (exact) mass is 286 g/mol. The van der Waals surface area contributed by atoms with Crippen LogP contribution >= 0.6 is 11.3 Å². The minimum absolute atomic E-state index is 0.786. The lowest BCUT2D eigenvalue weighted by molar-refractivity contribution is 0.317. The summed E-state index contributed by atoms with van der Waals surface area (Å²) in [6, 6.07) is 10.5. The minimum Gasteiger partial charge on any atom is -0.309 e. The molecule has 2 fully saturated rings. The van der Waals surface area contributed by atoms with E-state index in [1.807, 2.05) is 11.3 Å². The summed E-state index contributed by atoms with van der Waals surface area (Å²) in [5.41, 5.74) is 1.56. The summed E-state index contributed by atoms with van der Waals surface area (Å²) < 4.78 is 1.44. The van der Waals surface area contributed by atoms with Crippen LogP contribution in [0.25, 0.3) is 10.1 Å². The molecule has 0 aliphatic heterocycles. The summed E-state index contributed by atoms with van der Waals surface area (Å²) in [6.45, 7) is 2.16. The Labute approximate surface area is 124 Å². The van der Waals surface area contributed by atoms with Crippen LogP contribution in [0.3, 0.4) is 0 Å². The third-order valence-electron chi connectivity index (χ3n) is 4.49. The van der Waals surface area contributed by atoms with E-state index in [1.165, 1.54) is 35.8 Å². The first-order valence-electron chi connectivity index (χ1n) is 7.74. The van der Waals surface area contributed by atoms with Gasteiger partial charge in [0, 0.05) is 34.8 Å². The van der Waals surface area contributed by atoms with Gasteiger partial charge in [-0.3, -0.25) is 4.90 Å². The number of fused-ring (bicyclic) bond motifs is 1. The van der Waals surface area contributed by atoms with Gasteiger partial charge in [0.05, 0.1) is 0 Å². The van der Waals surface area contributed by atoms with Gasteiger partial charge >= 0.3 is 0 Å². The zero-order valence-corrected chi connectivity index (χ0v) is 12.9. The van der Waals surface area contributed by atoms with Crippen LogP contribution in [0.15, 0.2) is 24.3 Å². The maximum absolute atomic E-state index is 3.68. The van der Waals surface area contributed by atoms with E-state index in [1.54, 1.807) is 10.4 Å². The lowest BCUT2D eigenvalue weighted by Crippen LogP contribution is -2.21. The second kappa shape index (κ2) is 5.14. The Hall–Kier alpha value is -0.900. The van der Waals surface area contributed by atoms with Crippen molar-refractivity contribution >= 4 is 21.4 Å².